The summed E-state index contributed by atoms with van der Waals surface area (Å²) in [6.07, 6.45) is 0. The Bertz CT molecular complexity index is 3610. The van der Waals surface area contributed by atoms with Crippen LogP contribution in [0.1, 0.15) is 122 Å². The molecule has 10 aromatic carbocycles. The summed E-state index contributed by atoms with van der Waals surface area (Å²) >= 11 is 0. The summed E-state index contributed by atoms with van der Waals surface area (Å²) in [5, 5.41) is 0. The molecule has 0 aliphatic heterocycles. The van der Waals surface area contributed by atoms with Crippen molar-refractivity contribution in [1.29, 1.82) is 0 Å². The molecule has 0 heterocycles. The van der Waals surface area contributed by atoms with Crippen LogP contribution >= 0.6 is 0 Å². The van der Waals surface area contributed by atoms with Crippen molar-refractivity contribution >= 4 is 17.1 Å². The van der Waals surface area contributed by atoms with Gasteiger partial charge in [0.05, 0.1) is 11.1 Å². The first-order chi connectivity index (χ1) is 35.7. The topological polar surface area (TPSA) is 3.24 Å². The van der Waals surface area contributed by atoms with Crippen molar-refractivity contribution < 1.29 is 0 Å². The van der Waals surface area contributed by atoms with Crippen molar-refractivity contribution in [2.75, 3.05) is 4.90 Å². The van der Waals surface area contributed by atoms with E-state index in [0.717, 1.165) is 17.1 Å². The molecule has 3 aliphatic carbocycles. The first-order valence-corrected chi connectivity index (χ1v) is 26.6. The largest absolute Gasteiger partial charge is 0.310 e. The molecule has 74 heavy (non-hydrogen) atoms. The fraction of sp³-hybridized carbons (Fsp3) is 0.178. The fourth-order valence-electron chi connectivity index (χ4n) is 13.6. The van der Waals surface area contributed by atoms with Crippen molar-refractivity contribution in [3.05, 3.63) is 303 Å². The van der Waals surface area contributed by atoms with E-state index in [2.05, 4.69) is 297 Å². The van der Waals surface area contributed by atoms with Gasteiger partial charge in [-0.1, -0.05) is 248 Å². The first-order valence-electron chi connectivity index (χ1n) is 26.6. The maximum atomic E-state index is 2.60. The van der Waals surface area contributed by atoms with Gasteiger partial charge < -0.3 is 4.90 Å². The second kappa shape index (κ2) is 16.5. The number of anilines is 3. The standard InChI is InChI=1S/C73H63N/c1-69(2,3)48-34-38-52(39-35-48)73(53-40-36-49(37-41-53)70(4,5)6)63-31-20-17-28-60(63)68-64(73)32-21-33-67(68)74(54-42-44-58-56-26-15-18-29-61(56)71(7,65(58)46-54)50-22-11-9-12-23-50)55-43-45-59-57-27-16-19-30-62(57)72(8,66(59)47-55)51-24-13-10-14-25-51/h9-47H,1-8H3. The Balaban J connectivity index is 1.11. The quantitative estimate of drug-likeness (QED) is 0.154. The van der Waals surface area contributed by atoms with Gasteiger partial charge >= 0.3 is 0 Å². The first kappa shape index (κ1) is 45.8. The molecule has 0 saturated carbocycles. The molecule has 2 atom stereocenters. The molecule has 10 aromatic rings. The van der Waals surface area contributed by atoms with E-state index in [4.69, 9.17) is 0 Å². The van der Waals surface area contributed by atoms with Crippen LogP contribution in [0.2, 0.25) is 0 Å². The van der Waals surface area contributed by atoms with Gasteiger partial charge in [0.15, 0.2) is 0 Å². The van der Waals surface area contributed by atoms with E-state index in [-0.39, 0.29) is 21.7 Å². The molecule has 2 unspecified atom stereocenters. The summed E-state index contributed by atoms with van der Waals surface area (Å²) in [6, 6.07) is 90.5. The highest BCUT2D eigenvalue weighted by Gasteiger charge is 2.49. The number of hydrogen-bond donors (Lipinski definition) is 0. The number of rotatable bonds is 7. The number of benzene rings is 10. The molecular weight excluding hydrogens is 891 g/mol. The van der Waals surface area contributed by atoms with Crippen molar-refractivity contribution in [3.8, 4) is 33.4 Å². The van der Waals surface area contributed by atoms with Gasteiger partial charge in [-0.2, -0.15) is 0 Å². The fourth-order valence-corrected chi connectivity index (χ4v) is 13.6. The third-order valence-corrected chi connectivity index (χ3v) is 17.5. The van der Waals surface area contributed by atoms with Crippen molar-refractivity contribution in [2.45, 2.75) is 82.5 Å². The van der Waals surface area contributed by atoms with Crippen LogP contribution in [0.15, 0.2) is 237 Å². The molecule has 0 aromatic heterocycles. The van der Waals surface area contributed by atoms with Gasteiger partial charge in [0.25, 0.3) is 0 Å². The maximum absolute atomic E-state index is 2.60. The summed E-state index contributed by atoms with van der Waals surface area (Å²) < 4.78 is 0. The van der Waals surface area contributed by atoms with Crippen LogP contribution in [0.3, 0.4) is 0 Å². The molecule has 0 fully saturated rings. The van der Waals surface area contributed by atoms with Crippen LogP contribution in [0.5, 0.6) is 0 Å². The number of nitrogens with zero attached hydrogens (tertiary/aromatic N) is 1. The van der Waals surface area contributed by atoms with Crippen LogP contribution in [0.4, 0.5) is 17.1 Å². The lowest BCUT2D eigenvalue weighted by molar-refractivity contribution is 0.588. The Morgan fingerprint density at radius 3 is 1.12 bits per heavy atom. The van der Waals surface area contributed by atoms with Gasteiger partial charge in [0.2, 0.25) is 0 Å². The maximum Gasteiger partial charge on any atom is 0.0714 e. The monoisotopic (exact) mass is 953 g/mol. The van der Waals surface area contributed by atoms with Gasteiger partial charge in [0, 0.05) is 27.8 Å². The Labute approximate surface area is 438 Å². The Morgan fingerprint density at radius 1 is 0.297 bits per heavy atom. The zero-order chi connectivity index (χ0) is 50.8. The van der Waals surface area contributed by atoms with Crippen LogP contribution in [-0.2, 0) is 27.1 Å². The summed E-state index contributed by atoms with van der Waals surface area (Å²) in [7, 11) is 0. The van der Waals surface area contributed by atoms with E-state index >= 15 is 0 Å². The molecule has 0 radical (unpaired) electrons. The average molecular weight is 954 g/mol. The summed E-state index contributed by atoms with van der Waals surface area (Å²) in [4.78, 5) is 2.60. The highest BCUT2D eigenvalue weighted by molar-refractivity contribution is 5.99. The molecule has 0 saturated heterocycles. The van der Waals surface area contributed by atoms with E-state index in [0.29, 0.717) is 0 Å². The van der Waals surface area contributed by atoms with Gasteiger partial charge in [-0.05, 0) is 150 Å². The zero-order valence-electron chi connectivity index (χ0n) is 44.0. The molecule has 1 heteroatoms. The number of hydrogen-bond acceptors (Lipinski definition) is 1. The molecule has 0 spiro atoms. The van der Waals surface area contributed by atoms with Crippen molar-refractivity contribution in [2.24, 2.45) is 0 Å². The van der Waals surface area contributed by atoms with Gasteiger partial charge in [-0.25, -0.2) is 0 Å². The molecule has 1 nitrogen and oxygen atoms in total. The van der Waals surface area contributed by atoms with Gasteiger partial charge in [0.1, 0.15) is 0 Å². The van der Waals surface area contributed by atoms with Crippen molar-refractivity contribution in [3.63, 3.8) is 0 Å². The van der Waals surface area contributed by atoms with Crippen LogP contribution in [-0.4, -0.2) is 0 Å². The van der Waals surface area contributed by atoms with Crippen LogP contribution in [0, 0.1) is 0 Å². The smallest absolute Gasteiger partial charge is 0.0714 e. The summed E-state index contributed by atoms with van der Waals surface area (Å²) in [5.41, 5.74) is 25.5. The lowest BCUT2D eigenvalue weighted by Gasteiger charge is -2.36. The number of fused-ring (bicyclic) bond motifs is 9. The van der Waals surface area contributed by atoms with E-state index < -0.39 is 5.41 Å². The van der Waals surface area contributed by atoms with Crippen LogP contribution < -0.4 is 4.90 Å². The minimum atomic E-state index is -0.600. The molecule has 0 amide bonds. The summed E-state index contributed by atoms with van der Waals surface area (Å²) in [6.45, 7) is 18.7. The molecule has 360 valence electrons. The predicted molar refractivity (Wildman–Crippen MR) is 311 cm³/mol. The second-order valence-corrected chi connectivity index (χ2v) is 23.5. The molecule has 13 rings (SSSR count). The van der Waals surface area contributed by atoms with Gasteiger partial charge in [-0.3, -0.25) is 0 Å². The molecular formula is C73H63N. The predicted octanol–water partition coefficient (Wildman–Crippen LogP) is 18.8. The Morgan fingerprint density at radius 2 is 0.676 bits per heavy atom. The van der Waals surface area contributed by atoms with E-state index in [1.807, 2.05) is 0 Å². The third-order valence-electron chi connectivity index (χ3n) is 17.5. The molecule has 0 N–H and O–H groups in total. The zero-order valence-corrected chi connectivity index (χ0v) is 44.0. The van der Waals surface area contributed by atoms with Crippen molar-refractivity contribution in [1.82, 2.24) is 0 Å². The third kappa shape index (κ3) is 6.55. The normalized spacial score (nSPS) is 17.7. The SMILES string of the molecule is CC(C)(C)c1ccc(C2(c3ccc(C(C)(C)C)cc3)c3ccccc3-c3c(N(c4ccc5c(c4)C(C)(c4ccccc4)c4ccccc4-5)c4ccc5c(c4)C(C)(c4ccccc4)c4ccccc4-5)cccc32)cc1. The van der Waals surface area contributed by atoms with E-state index in [1.54, 1.807) is 0 Å². The van der Waals surface area contributed by atoms with Gasteiger partial charge in [-0.15, -0.1) is 0 Å². The highest BCUT2D eigenvalue weighted by atomic mass is 15.1. The average Bonchev–Trinajstić information content (AvgIpc) is 3.98. The Kier molecular flexibility index (Phi) is 10.2. The lowest BCUT2D eigenvalue weighted by Crippen LogP contribution is -2.29. The minimum Gasteiger partial charge on any atom is -0.310 e. The van der Waals surface area contributed by atoms with Crippen LogP contribution in [0.25, 0.3) is 33.4 Å². The lowest BCUT2D eigenvalue weighted by atomic mass is 9.67. The highest BCUT2D eigenvalue weighted by Crippen LogP contribution is 2.62. The Hall–Kier alpha value is -8.00. The molecule has 0 bridgehead atoms. The second-order valence-electron chi connectivity index (χ2n) is 23.5. The molecule has 3 aliphatic rings. The summed E-state index contributed by atoms with van der Waals surface area (Å²) in [5.74, 6) is 0. The van der Waals surface area contributed by atoms with E-state index in [1.165, 1.54) is 100 Å². The minimum absolute atomic E-state index is 0.0147. The van der Waals surface area contributed by atoms with E-state index in [9.17, 15) is 0 Å².